The van der Waals surface area contributed by atoms with E-state index < -0.39 is 23.9 Å². The molecule has 1 fully saturated rings. The van der Waals surface area contributed by atoms with E-state index in [2.05, 4.69) is 20.6 Å². The normalized spacial score (nSPS) is 20.4. The number of H-pyrrole nitrogens is 1. The van der Waals surface area contributed by atoms with Gasteiger partial charge in [0.2, 0.25) is 0 Å². The Labute approximate surface area is 148 Å². The lowest BCUT2D eigenvalue weighted by Crippen LogP contribution is -2.43. The Morgan fingerprint density at radius 1 is 1.35 bits per heavy atom. The molecule has 2 aromatic heterocycles. The van der Waals surface area contributed by atoms with Gasteiger partial charge in [-0.2, -0.15) is 10.2 Å². The molecule has 1 saturated carbocycles. The topological polar surface area (TPSA) is 75.6 Å². The second kappa shape index (κ2) is 6.51. The number of carbonyl (C=O) groups excluding carboxylic acids is 1. The van der Waals surface area contributed by atoms with Crippen LogP contribution in [0.25, 0.3) is 22.0 Å². The van der Waals surface area contributed by atoms with Gasteiger partial charge in [-0.25, -0.2) is 8.78 Å². The van der Waals surface area contributed by atoms with E-state index in [1.165, 1.54) is 6.07 Å². The first-order valence-electron chi connectivity index (χ1n) is 8.64. The first-order valence-corrected chi connectivity index (χ1v) is 8.64. The van der Waals surface area contributed by atoms with Gasteiger partial charge in [-0.3, -0.25) is 14.6 Å². The molecule has 2 N–H and O–H groups in total. The third kappa shape index (κ3) is 2.95. The maximum Gasteiger partial charge on any atom is 0.272 e. The highest BCUT2D eigenvalue weighted by molar-refractivity contribution is 6.05. The van der Waals surface area contributed by atoms with Crippen LogP contribution in [0.2, 0.25) is 0 Å². The fourth-order valence-corrected chi connectivity index (χ4v) is 3.48. The first-order chi connectivity index (χ1) is 12.5. The van der Waals surface area contributed by atoms with Crippen LogP contribution in [0.1, 0.15) is 36.2 Å². The van der Waals surface area contributed by atoms with Crippen molar-refractivity contribution in [2.75, 3.05) is 0 Å². The van der Waals surface area contributed by atoms with E-state index >= 15 is 0 Å². The highest BCUT2D eigenvalue weighted by Gasteiger charge is 2.28. The second-order valence-corrected chi connectivity index (χ2v) is 6.73. The quantitative estimate of drug-likeness (QED) is 0.754. The zero-order valence-corrected chi connectivity index (χ0v) is 14.3. The number of amides is 1. The van der Waals surface area contributed by atoms with Gasteiger partial charge in [0.05, 0.1) is 17.8 Å². The van der Waals surface area contributed by atoms with Crippen molar-refractivity contribution in [3.63, 3.8) is 0 Å². The molecule has 8 heteroatoms. The van der Waals surface area contributed by atoms with Crippen molar-refractivity contribution in [1.29, 1.82) is 0 Å². The zero-order chi connectivity index (χ0) is 18.3. The Bertz CT molecular complexity index is 964. The number of hydrogen-bond donors (Lipinski definition) is 2. The van der Waals surface area contributed by atoms with Gasteiger partial charge in [0.1, 0.15) is 12.0 Å². The van der Waals surface area contributed by atoms with E-state index in [0.717, 1.165) is 12.8 Å². The van der Waals surface area contributed by atoms with Crippen LogP contribution in [0.15, 0.2) is 24.5 Å². The predicted molar refractivity (Wildman–Crippen MR) is 92.9 cm³/mol. The van der Waals surface area contributed by atoms with E-state index in [4.69, 9.17) is 0 Å². The monoisotopic (exact) mass is 359 g/mol. The summed E-state index contributed by atoms with van der Waals surface area (Å²) in [5, 5.41) is 14.0. The van der Waals surface area contributed by atoms with Crippen LogP contribution in [0, 0.1) is 5.82 Å². The molecule has 0 unspecified atom stereocenters. The molecular weight excluding hydrogens is 340 g/mol. The number of nitrogens with one attached hydrogen (secondary N) is 2. The molecule has 0 saturated heterocycles. The molecule has 0 bridgehead atoms. The van der Waals surface area contributed by atoms with Crippen LogP contribution in [-0.4, -0.2) is 38.1 Å². The Morgan fingerprint density at radius 3 is 2.88 bits per heavy atom. The maximum atomic E-state index is 14.4. The number of benzene rings is 1. The summed E-state index contributed by atoms with van der Waals surface area (Å²) in [6.07, 6.45) is 5.02. The Balaban J connectivity index is 1.68. The zero-order valence-electron chi connectivity index (χ0n) is 14.3. The fourth-order valence-electron chi connectivity index (χ4n) is 3.48. The van der Waals surface area contributed by atoms with Crippen LogP contribution in [0.4, 0.5) is 8.78 Å². The van der Waals surface area contributed by atoms with Crippen molar-refractivity contribution in [2.24, 2.45) is 7.05 Å². The molecule has 4 rings (SSSR count). The van der Waals surface area contributed by atoms with Gasteiger partial charge in [0, 0.05) is 35.8 Å². The van der Waals surface area contributed by atoms with E-state index in [0.29, 0.717) is 34.9 Å². The highest BCUT2D eigenvalue weighted by Crippen LogP contribution is 2.28. The SMILES string of the molecule is Cn1cc(-c2cc3c(C(=O)N[C@@H]4CCCC[C@H]4F)n[nH]c3cc2F)cn1. The standard InChI is InChI=1S/C18H19F2N5O/c1-25-9-10(8-21-25)11-6-12-16(7-14(11)20)23-24-17(12)18(26)22-15-5-3-2-4-13(15)19/h6-9,13,15H,2-5H2,1H3,(H,22,26)(H,23,24)/t13-,15-/m1/s1. The van der Waals surface area contributed by atoms with Crippen molar-refractivity contribution in [3.05, 3.63) is 36.0 Å². The number of carbonyl (C=O) groups is 1. The van der Waals surface area contributed by atoms with Crippen molar-refractivity contribution in [2.45, 2.75) is 37.9 Å². The lowest BCUT2D eigenvalue weighted by molar-refractivity contribution is 0.0880. The highest BCUT2D eigenvalue weighted by atomic mass is 19.1. The van der Waals surface area contributed by atoms with Crippen LogP contribution < -0.4 is 5.32 Å². The van der Waals surface area contributed by atoms with Gasteiger partial charge >= 0.3 is 0 Å². The van der Waals surface area contributed by atoms with Gasteiger partial charge < -0.3 is 5.32 Å². The minimum absolute atomic E-state index is 0.142. The number of halogens is 2. The minimum atomic E-state index is -1.04. The molecule has 3 aromatic rings. The summed E-state index contributed by atoms with van der Waals surface area (Å²) in [4.78, 5) is 12.6. The molecule has 1 aliphatic carbocycles. The fraction of sp³-hybridized carbons (Fsp3) is 0.389. The van der Waals surface area contributed by atoms with Gasteiger partial charge in [0.15, 0.2) is 5.69 Å². The first kappa shape index (κ1) is 16.7. The molecule has 0 aliphatic heterocycles. The third-order valence-electron chi connectivity index (χ3n) is 4.88. The molecule has 26 heavy (non-hydrogen) atoms. The molecular formula is C18H19F2N5O. The summed E-state index contributed by atoms with van der Waals surface area (Å²) in [7, 11) is 1.74. The van der Waals surface area contributed by atoms with Crippen LogP contribution in [0.5, 0.6) is 0 Å². The van der Waals surface area contributed by atoms with E-state index in [9.17, 15) is 13.6 Å². The van der Waals surface area contributed by atoms with Crippen LogP contribution in [0.3, 0.4) is 0 Å². The maximum absolute atomic E-state index is 14.4. The Hall–Kier alpha value is -2.77. The summed E-state index contributed by atoms with van der Waals surface area (Å²) in [5.74, 6) is -0.883. The number of fused-ring (bicyclic) bond motifs is 1. The van der Waals surface area contributed by atoms with Crippen molar-refractivity contribution >= 4 is 16.8 Å². The summed E-state index contributed by atoms with van der Waals surface area (Å²) >= 11 is 0. The van der Waals surface area contributed by atoms with Gasteiger partial charge in [-0.15, -0.1) is 0 Å². The number of alkyl halides is 1. The van der Waals surface area contributed by atoms with E-state index in [1.54, 1.807) is 30.2 Å². The average Bonchev–Trinajstić information content (AvgIpc) is 3.22. The summed E-state index contributed by atoms with van der Waals surface area (Å²) < 4.78 is 30.0. The van der Waals surface area contributed by atoms with E-state index in [1.807, 2.05) is 0 Å². The van der Waals surface area contributed by atoms with Crippen molar-refractivity contribution < 1.29 is 13.6 Å². The molecule has 0 spiro atoms. The number of aromatic amines is 1. The molecule has 0 radical (unpaired) electrons. The third-order valence-corrected chi connectivity index (χ3v) is 4.88. The van der Waals surface area contributed by atoms with Crippen molar-refractivity contribution in [1.82, 2.24) is 25.3 Å². The summed E-state index contributed by atoms with van der Waals surface area (Å²) in [5.41, 5.74) is 1.50. The van der Waals surface area contributed by atoms with Crippen LogP contribution in [-0.2, 0) is 7.05 Å². The molecule has 136 valence electrons. The number of aromatic nitrogens is 4. The number of nitrogens with zero attached hydrogens (tertiary/aromatic N) is 3. The number of hydrogen-bond acceptors (Lipinski definition) is 3. The van der Waals surface area contributed by atoms with Gasteiger partial charge in [-0.1, -0.05) is 12.8 Å². The molecule has 1 aromatic carbocycles. The van der Waals surface area contributed by atoms with E-state index in [-0.39, 0.29) is 5.69 Å². The minimum Gasteiger partial charge on any atom is -0.345 e. The lowest BCUT2D eigenvalue weighted by Gasteiger charge is -2.26. The summed E-state index contributed by atoms with van der Waals surface area (Å²) in [6.45, 7) is 0. The van der Waals surface area contributed by atoms with Crippen LogP contribution >= 0.6 is 0 Å². The van der Waals surface area contributed by atoms with Gasteiger partial charge in [0.25, 0.3) is 5.91 Å². The number of rotatable bonds is 3. The van der Waals surface area contributed by atoms with Gasteiger partial charge in [-0.05, 0) is 18.9 Å². The Kier molecular flexibility index (Phi) is 4.18. The molecule has 6 nitrogen and oxygen atoms in total. The predicted octanol–water partition coefficient (Wildman–Crippen LogP) is 3.11. The molecule has 1 aliphatic rings. The molecule has 2 atom stereocenters. The second-order valence-electron chi connectivity index (χ2n) is 6.73. The summed E-state index contributed by atoms with van der Waals surface area (Å²) in [6, 6.07) is 2.38. The molecule has 2 heterocycles. The van der Waals surface area contributed by atoms with Crippen molar-refractivity contribution in [3.8, 4) is 11.1 Å². The average molecular weight is 359 g/mol. The smallest absolute Gasteiger partial charge is 0.272 e. The largest absolute Gasteiger partial charge is 0.345 e. The Morgan fingerprint density at radius 2 is 2.15 bits per heavy atom. The lowest BCUT2D eigenvalue weighted by atomic mass is 9.93. The number of aryl methyl sites for hydroxylation is 1. The molecule has 1 amide bonds.